The first-order chi connectivity index (χ1) is 7.90. The van der Waals surface area contributed by atoms with Crippen LogP contribution in [0.2, 0.25) is 0 Å². The number of hydrogen-bond donors (Lipinski definition) is 1. The van der Waals surface area contributed by atoms with E-state index in [1.54, 1.807) is 0 Å². The fourth-order valence-electron chi connectivity index (χ4n) is 3.45. The molecule has 0 amide bonds. The highest BCUT2D eigenvalue weighted by molar-refractivity contribution is 4.80. The largest absolute Gasteiger partial charge is 0.329 e. The van der Waals surface area contributed by atoms with Crippen LogP contribution in [-0.4, -0.2) is 30.6 Å². The summed E-state index contributed by atoms with van der Waals surface area (Å²) in [6.07, 6.45) is 12.9. The first kappa shape index (κ1) is 12.4. The third kappa shape index (κ3) is 3.46. The molecular formula is C14H28N2. The van der Waals surface area contributed by atoms with E-state index in [0.29, 0.717) is 6.04 Å². The van der Waals surface area contributed by atoms with Crippen molar-refractivity contribution in [2.75, 3.05) is 19.6 Å². The standard InChI is InChI=1S/C14H28N2/c15-11-14-9-5-6-10-16(14)12-13-7-3-1-2-4-8-13/h13-14H,1-12,15H2. The summed E-state index contributed by atoms with van der Waals surface area (Å²) in [5, 5.41) is 0. The van der Waals surface area contributed by atoms with Gasteiger partial charge in [0.15, 0.2) is 0 Å². The van der Waals surface area contributed by atoms with Gasteiger partial charge in [-0.05, 0) is 38.1 Å². The van der Waals surface area contributed by atoms with Crippen molar-refractivity contribution in [1.82, 2.24) is 4.90 Å². The number of hydrogen-bond acceptors (Lipinski definition) is 2. The Balaban J connectivity index is 1.81. The minimum atomic E-state index is 0.692. The molecular weight excluding hydrogens is 196 g/mol. The monoisotopic (exact) mass is 224 g/mol. The molecule has 0 radical (unpaired) electrons. The predicted octanol–water partition coefficient (Wildman–Crippen LogP) is 2.77. The normalized spacial score (nSPS) is 30.2. The fraction of sp³-hybridized carbons (Fsp3) is 1.00. The van der Waals surface area contributed by atoms with Crippen LogP contribution in [-0.2, 0) is 0 Å². The van der Waals surface area contributed by atoms with Gasteiger partial charge in [-0.25, -0.2) is 0 Å². The molecule has 1 saturated heterocycles. The summed E-state index contributed by atoms with van der Waals surface area (Å²) in [6.45, 7) is 3.51. The van der Waals surface area contributed by atoms with Gasteiger partial charge in [-0.3, -0.25) is 4.90 Å². The second-order valence-corrected chi connectivity index (χ2v) is 5.74. The molecule has 2 fully saturated rings. The molecule has 2 nitrogen and oxygen atoms in total. The van der Waals surface area contributed by atoms with Gasteiger partial charge < -0.3 is 5.73 Å². The molecule has 94 valence electrons. The molecule has 0 aromatic rings. The lowest BCUT2D eigenvalue weighted by Crippen LogP contribution is -2.46. The van der Waals surface area contributed by atoms with Crippen LogP contribution < -0.4 is 5.73 Å². The number of likely N-dealkylation sites (tertiary alicyclic amines) is 1. The highest BCUT2D eigenvalue weighted by atomic mass is 15.2. The van der Waals surface area contributed by atoms with E-state index < -0.39 is 0 Å². The Morgan fingerprint density at radius 2 is 1.56 bits per heavy atom. The molecule has 1 heterocycles. The van der Waals surface area contributed by atoms with Crippen LogP contribution in [0.25, 0.3) is 0 Å². The Bertz CT molecular complexity index is 185. The third-order valence-electron chi connectivity index (χ3n) is 4.49. The van der Waals surface area contributed by atoms with Crippen LogP contribution >= 0.6 is 0 Å². The maximum absolute atomic E-state index is 5.89. The third-order valence-corrected chi connectivity index (χ3v) is 4.49. The van der Waals surface area contributed by atoms with E-state index in [1.807, 2.05) is 0 Å². The average molecular weight is 224 g/mol. The smallest absolute Gasteiger partial charge is 0.0218 e. The van der Waals surface area contributed by atoms with Crippen molar-refractivity contribution in [3.63, 3.8) is 0 Å². The topological polar surface area (TPSA) is 29.3 Å². The van der Waals surface area contributed by atoms with Crippen molar-refractivity contribution in [3.05, 3.63) is 0 Å². The zero-order chi connectivity index (χ0) is 11.2. The molecule has 0 bridgehead atoms. The first-order valence-corrected chi connectivity index (χ1v) is 7.34. The molecule has 2 aliphatic rings. The molecule has 2 N–H and O–H groups in total. The lowest BCUT2D eigenvalue weighted by atomic mass is 9.95. The summed E-state index contributed by atoms with van der Waals surface area (Å²) < 4.78 is 0. The predicted molar refractivity (Wildman–Crippen MR) is 69.5 cm³/mol. The van der Waals surface area contributed by atoms with Gasteiger partial charge in [0, 0.05) is 19.1 Å². The Labute approximate surface area is 101 Å². The molecule has 0 aromatic heterocycles. The van der Waals surface area contributed by atoms with E-state index in [0.717, 1.165) is 12.5 Å². The van der Waals surface area contributed by atoms with Gasteiger partial charge in [0.1, 0.15) is 0 Å². The molecule has 1 aliphatic heterocycles. The SMILES string of the molecule is NCC1CCCCN1CC1CCCCCC1. The summed E-state index contributed by atoms with van der Waals surface area (Å²) in [5.41, 5.74) is 5.89. The van der Waals surface area contributed by atoms with Crippen molar-refractivity contribution in [2.45, 2.75) is 63.8 Å². The van der Waals surface area contributed by atoms with Crippen LogP contribution in [0, 0.1) is 5.92 Å². The number of nitrogens with two attached hydrogens (primary N) is 1. The van der Waals surface area contributed by atoms with Gasteiger partial charge in [-0.1, -0.05) is 32.1 Å². The second kappa shape index (κ2) is 6.61. The number of nitrogens with zero attached hydrogens (tertiary/aromatic N) is 1. The highest BCUT2D eigenvalue weighted by Gasteiger charge is 2.24. The maximum atomic E-state index is 5.89. The van der Waals surface area contributed by atoms with Crippen LogP contribution in [0.1, 0.15) is 57.8 Å². The lowest BCUT2D eigenvalue weighted by Gasteiger charge is -2.37. The molecule has 1 aliphatic carbocycles. The Morgan fingerprint density at radius 1 is 0.875 bits per heavy atom. The zero-order valence-electron chi connectivity index (χ0n) is 10.7. The second-order valence-electron chi connectivity index (χ2n) is 5.74. The van der Waals surface area contributed by atoms with Crippen molar-refractivity contribution >= 4 is 0 Å². The molecule has 2 rings (SSSR count). The van der Waals surface area contributed by atoms with E-state index in [-0.39, 0.29) is 0 Å². The first-order valence-electron chi connectivity index (χ1n) is 7.34. The summed E-state index contributed by atoms with van der Waals surface area (Å²) >= 11 is 0. The highest BCUT2D eigenvalue weighted by Crippen LogP contribution is 2.26. The van der Waals surface area contributed by atoms with Crippen LogP contribution in [0.3, 0.4) is 0 Å². The molecule has 0 spiro atoms. The van der Waals surface area contributed by atoms with Gasteiger partial charge in [0.05, 0.1) is 0 Å². The average Bonchev–Trinajstić information content (AvgIpc) is 2.58. The van der Waals surface area contributed by atoms with Crippen molar-refractivity contribution < 1.29 is 0 Å². The molecule has 1 unspecified atom stereocenters. The van der Waals surface area contributed by atoms with E-state index >= 15 is 0 Å². The maximum Gasteiger partial charge on any atom is 0.0218 e. The fourth-order valence-corrected chi connectivity index (χ4v) is 3.45. The van der Waals surface area contributed by atoms with Crippen LogP contribution in [0.4, 0.5) is 0 Å². The number of piperidine rings is 1. The van der Waals surface area contributed by atoms with Crippen LogP contribution in [0.5, 0.6) is 0 Å². The zero-order valence-corrected chi connectivity index (χ0v) is 10.7. The molecule has 1 atom stereocenters. The minimum Gasteiger partial charge on any atom is -0.329 e. The van der Waals surface area contributed by atoms with Crippen LogP contribution in [0.15, 0.2) is 0 Å². The molecule has 0 aromatic carbocycles. The van der Waals surface area contributed by atoms with Gasteiger partial charge in [-0.2, -0.15) is 0 Å². The Hall–Kier alpha value is -0.0800. The lowest BCUT2D eigenvalue weighted by molar-refractivity contribution is 0.124. The van der Waals surface area contributed by atoms with Crippen molar-refractivity contribution in [3.8, 4) is 0 Å². The van der Waals surface area contributed by atoms with Gasteiger partial charge in [0.2, 0.25) is 0 Å². The minimum absolute atomic E-state index is 0.692. The Morgan fingerprint density at radius 3 is 2.25 bits per heavy atom. The van der Waals surface area contributed by atoms with E-state index in [1.165, 1.54) is 70.9 Å². The van der Waals surface area contributed by atoms with Crippen molar-refractivity contribution in [2.24, 2.45) is 11.7 Å². The summed E-state index contributed by atoms with van der Waals surface area (Å²) in [5.74, 6) is 0.967. The van der Waals surface area contributed by atoms with Gasteiger partial charge in [0.25, 0.3) is 0 Å². The molecule has 1 saturated carbocycles. The van der Waals surface area contributed by atoms with Gasteiger partial charge >= 0.3 is 0 Å². The van der Waals surface area contributed by atoms with E-state index in [2.05, 4.69) is 4.90 Å². The van der Waals surface area contributed by atoms with E-state index in [9.17, 15) is 0 Å². The quantitative estimate of drug-likeness (QED) is 0.747. The van der Waals surface area contributed by atoms with E-state index in [4.69, 9.17) is 5.73 Å². The van der Waals surface area contributed by atoms with Gasteiger partial charge in [-0.15, -0.1) is 0 Å². The summed E-state index contributed by atoms with van der Waals surface area (Å²) in [4.78, 5) is 2.69. The number of rotatable bonds is 3. The molecule has 2 heteroatoms. The molecule has 16 heavy (non-hydrogen) atoms. The summed E-state index contributed by atoms with van der Waals surface area (Å²) in [6, 6.07) is 0.692. The van der Waals surface area contributed by atoms with Crippen molar-refractivity contribution in [1.29, 1.82) is 0 Å². The Kier molecular flexibility index (Phi) is 5.11. The summed E-state index contributed by atoms with van der Waals surface area (Å²) in [7, 11) is 0.